The third kappa shape index (κ3) is 4.35. The number of amides is 1. The minimum absolute atomic E-state index is 0.00910. The summed E-state index contributed by atoms with van der Waals surface area (Å²) in [5.74, 6) is -1.20. The quantitative estimate of drug-likeness (QED) is 0.688. The van der Waals surface area contributed by atoms with Crippen LogP contribution in [0.3, 0.4) is 0 Å². The first-order chi connectivity index (χ1) is 13.3. The highest BCUT2D eigenvalue weighted by molar-refractivity contribution is 7.89. The number of aromatic nitrogens is 1. The van der Waals surface area contributed by atoms with Crippen LogP contribution in [0.5, 0.6) is 0 Å². The zero-order valence-electron chi connectivity index (χ0n) is 15.0. The summed E-state index contributed by atoms with van der Waals surface area (Å²) in [6, 6.07) is 4.02. The average Bonchev–Trinajstić information content (AvgIpc) is 3.34. The number of rotatable bonds is 6. The minimum Gasteiger partial charge on any atom is -0.461 e. The van der Waals surface area contributed by atoms with Crippen molar-refractivity contribution in [3.63, 3.8) is 0 Å². The number of halogens is 1. The van der Waals surface area contributed by atoms with E-state index < -0.39 is 21.9 Å². The highest BCUT2D eigenvalue weighted by Crippen LogP contribution is 2.26. The molecule has 0 aliphatic carbocycles. The van der Waals surface area contributed by atoms with Gasteiger partial charge in [0.25, 0.3) is 5.91 Å². The molecule has 1 aliphatic rings. The van der Waals surface area contributed by atoms with Crippen molar-refractivity contribution in [2.75, 3.05) is 25.0 Å². The lowest BCUT2D eigenvalue weighted by Crippen LogP contribution is -2.28. The fourth-order valence-electron chi connectivity index (χ4n) is 2.71. The average molecular weight is 444 g/mol. The van der Waals surface area contributed by atoms with Crippen LogP contribution in [0, 0.1) is 0 Å². The van der Waals surface area contributed by atoms with Gasteiger partial charge in [-0.05, 0) is 38.0 Å². The highest BCUT2D eigenvalue weighted by Gasteiger charge is 2.28. The van der Waals surface area contributed by atoms with Crippen LogP contribution in [-0.4, -0.2) is 49.3 Å². The fourth-order valence-corrected chi connectivity index (χ4v) is 5.13. The summed E-state index contributed by atoms with van der Waals surface area (Å²) in [7, 11) is -3.68. The number of nitrogens with one attached hydrogen (secondary N) is 1. The van der Waals surface area contributed by atoms with Crippen molar-refractivity contribution in [1.82, 2.24) is 9.29 Å². The van der Waals surface area contributed by atoms with Gasteiger partial charge in [0.1, 0.15) is 0 Å². The van der Waals surface area contributed by atoms with Gasteiger partial charge in [0, 0.05) is 18.5 Å². The van der Waals surface area contributed by atoms with E-state index in [1.54, 1.807) is 6.92 Å². The van der Waals surface area contributed by atoms with Gasteiger partial charge in [-0.15, -0.1) is 11.3 Å². The van der Waals surface area contributed by atoms with Crippen LogP contribution in [0.4, 0.5) is 5.13 Å². The molecule has 0 spiro atoms. The highest BCUT2D eigenvalue weighted by atomic mass is 35.5. The second-order valence-corrected chi connectivity index (χ2v) is 9.17. The minimum atomic E-state index is -3.68. The molecule has 1 aromatic heterocycles. The van der Waals surface area contributed by atoms with Crippen molar-refractivity contribution in [1.29, 1.82) is 0 Å². The van der Waals surface area contributed by atoms with E-state index in [1.165, 1.54) is 27.9 Å². The summed E-state index contributed by atoms with van der Waals surface area (Å²) in [4.78, 5) is 28.3. The van der Waals surface area contributed by atoms with E-state index >= 15 is 0 Å². The second kappa shape index (κ2) is 8.56. The lowest BCUT2D eigenvalue weighted by atomic mass is 10.2. The number of hydrogen-bond acceptors (Lipinski definition) is 7. The summed E-state index contributed by atoms with van der Waals surface area (Å²) in [5.41, 5.74) is 0.0911. The SMILES string of the molecule is CCOC(=O)c1csc(NC(=O)c2cc(S(=O)(=O)N3CCCC3)ccc2Cl)n1. The molecule has 1 saturated heterocycles. The summed E-state index contributed by atoms with van der Waals surface area (Å²) < 4.78 is 31.7. The van der Waals surface area contributed by atoms with Gasteiger partial charge in [-0.1, -0.05) is 11.6 Å². The third-order valence-electron chi connectivity index (χ3n) is 4.09. The first kappa shape index (κ1) is 20.7. The number of nitrogens with zero attached hydrogens (tertiary/aromatic N) is 2. The molecule has 1 amide bonds. The Balaban J connectivity index is 1.81. The molecule has 150 valence electrons. The fraction of sp³-hybridized carbons (Fsp3) is 0.353. The van der Waals surface area contributed by atoms with E-state index in [0.717, 1.165) is 24.2 Å². The number of carbonyl (C=O) groups excluding carboxylic acids is 2. The standard InChI is InChI=1S/C17H18ClN3O5S2/c1-2-26-16(23)14-10-27-17(19-14)20-15(22)12-9-11(5-6-13(12)18)28(24,25)21-7-3-4-8-21/h5-6,9-10H,2-4,7-8H2,1H3,(H,19,20,22). The van der Waals surface area contributed by atoms with E-state index in [0.29, 0.717) is 13.1 Å². The molecule has 1 aromatic carbocycles. The predicted molar refractivity (Wildman–Crippen MR) is 105 cm³/mol. The second-order valence-electron chi connectivity index (χ2n) is 5.97. The van der Waals surface area contributed by atoms with Crippen LogP contribution in [0.1, 0.15) is 40.6 Å². The van der Waals surface area contributed by atoms with Crippen LogP contribution in [0.15, 0.2) is 28.5 Å². The first-order valence-electron chi connectivity index (χ1n) is 8.56. The number of carbonyl (C=O) groups is 2. The Morgan fingerprint density at radius 3 is 2.71 bits per heavy atom. The topological polar surface area (TPSA) is 106 Å². The molecule has 28 heavy (non-hydrogen) atoms. The Bertz CT molecular complexity index is 1000. The molecule has 8 nitrogen and oxygen atoms in total. The molecule has 1 fully saturated rings. The van der Waals surface area contributed by atoms with E-state index in [1.807, 2.05) is 0 Å². The molecule has 3 rings (SSSR count). The number of esters is 1. The zero-order valence-corrected chi connectivity index (χ0v) is 17.4. The lowest BCUT2D eigenvalue weighted by molar-refractivity contribution is 0.0520. The van der Waals surface area contributed by atoms with Crippen molar-refractivity contribution < 1.29 is 22.7 Å². The summed E-state index contributed by atoms with van der Waals surface area (Å²) in [6.07, 6.45) is 1.63. The molecule has 0 atom stereocenters. The summed E-state index contributed by atoms with van der Waals surface area (Å²) in [6.45, 7) is 2.81. The van der Waals surface area contributed by atoms with Crippen LogP contribution in [0.25, 0.3) is 0 Å². The Labute approximate surface area is 171 Å². The van der Waals surface area contributed by atoms with Crippen molar-refractivity contribution in [3.05, 3.63) is 39.9 Å². The predicted octanol–water partition coefficient (Wildman–Crippen LogP) is 3.01. The Morgan fingerprint density at radius 2 is 2.04 bits per heavy atom. The molecule has 1 aliphatic heterocycles. The Morgan fingerprint density at radius 1 is 1.32 bits per heavy atom. The molecule has 2 heterocycles. The maximum Gasteiger partial charge on any atom is 0.357 e. The number of ether oxygens (including phenoxy) is 1. The van der Waals surface area contributed by atoms with E-state index in [-0.39, 0.29) is 32.9 Å². The molecule has 0 saturated carbocycles. The number of sulfonamides is 1. The van der Waals surface area contributed by atoms with Gasteiger partial charge in [0.15, 0.2) is 10.8 Å². The van der Waals surface area contributed by atoms with Gasteiger partial charge in [-0.3, -0.25) is 10.1 Å². The van der Waals surface area contributed by atoms with Gasteiger partial charge in [0.2, 0.25) is 10.0 Å². The maximum absolute atomic E-state index is 12.7. The van der Waals surface area contributed by atoms with Crippen molar-refractivity contribution >= 4 is 50.0 Å². The van der Waals surface area contributed by atoms with Gasteiger partial charge in [0.05, 0.1) is 22.1 Å². The third-order valence-corrected chi connectivity index (χ3v) is 7.08. The summed E-state index contributed by atoms with van der Waals surface area (Å²) in [5, 5.41) is 4.28. The Kier molecular flexibility index (Phi) is 6.33. The van der Waals surface area contributed by atoms with Crippen LogP contribution in [-0.2, 0) is 14.8 Å². The normalized spacial score (nSPS) is 14.8. The summed E-state index contributed by atoms with van der Waals surface area (Å²) >= 11 is 7.15. The first-order valence-corrected chi connectivity index (χ1v) is 11.3. The monoisotopic (exact) mass is 443 g/mol. The van der Waals surface area contributed by atoms with Crippen molar-refractivity contribution in [2.45, 2.75) is 24.7 Å². The molecular weight excluding hydrogens is 426 g/mol. The van der Waals surface area contributed by atoms with Crippen molar-refractivity contribution in [2.24, 2.45) is 0 Å². The molecule has 11 heteroatoms. The van der Waals surface area contributed by atoms with Crippen LogP contribution < -0.4 is 5.32 Å². The lowest BCUT2D eigenvalue weighted by Gasteiger charge is -2.16. The van der Waals surface area contributed by atoms with E-state index in [2.05, 4.69) is 10.3 Å². The number of hydrogen-bond donors (Lipinski definition) is 1. The van der Waals surface area contributed by atoms with Crippen molar-refractivity contribution in [3.8, 4) is 0 Å². The zero-order chi connectivity index (χ0) is 20.3. The molecule has 0 radical (unpaired) electrons. The Hall–Kier alpha value is -2.01. The largest absolute Gasteiger partial charge is 0.461 e. The molecular formula is C17H18ClN3O5S2. The van der Waals surface area contributed by atoms with Gasteiger partial charge in [-0.25, -0.2) is 18.2 Å². The molecule has 2 aromatic rings. The van der Waals surface area contributed by atoms with E-state index in [4.69, 9.17) is 16.3 Å². The van der Waals surface area contributed by atoms with Gasteiger partial charge < -0.3 is 4.74 Å². The van der Waals surface area contributed by atoms with E-state index in [9.17, 15) is 18.0 Å². The number of anilines is 1. The van der Waals surface area contributed by atoms with Gasteiger partial charge >= 0.3 is 5.97 Å². The maximum atomic E-state index is 12.7. The smallest absolute Gasteiger partial charge is 0.357 e. The molecule has 0 unspecified atom stereocenters. The number of thiazole rings is 1. The van der Waals surface area contributed by atoms with Gasteiger partial charge in [-0.2, -0.15) is 4.31 Å². The molecule has 1 N–H and O–H groups in total. The van der Waals surface area contributed by atoms with Crippen LogP contribution >= 0.6 is 22.9 Å². The number of benzene rings is 1. The van der Waals surface area contributed by atoms with Crippen LogP contribution in [0.2, 0.25) is 5.02 Å². The molecule has 0 bridgehead atoms.